The lowest BCUT2D eigenvalue weighted by atomic mass is 10.2. The normalized spacial score (nSPS) is 10.7. The van der Waals surface area contributed by atoms with E-state index in [-0.39, 0.29) is 11.6 Å². The third-order valence-corrected chi connectivity index (χ3v) is 4.24. The van der Waals surface area contributed by atoms with Gasteiger partial charge < -0.3 is 10.1 Å². The average molecular weight is 329 g/mol. The molecule has 3 aromatic rings. The molecular formula is C17H16FN3OS. The molecule has 1 N–H and O–H groups in total. The molecule has 0 aliphatic heterocycles. The number of methoxy groups -OCH3 is 1. The second-order valence-corrected chi connectivity index (χ2v) is 5.81. The molecule has 0 spiro atoms. The summed E-state index contributed by atoms with van der Waals surface area (Å²) < 4.78 is 18.7. The van der Waals surface area contributed by atoms with Gasteiger partial charge in [-0.3, -0.25) is 0 Å². The lowest BCUT2D eigenvalue weighted by Crippen LogP contribution is -2.03. The molecule has 0 saturated heterocycles. The van der Waals surface area contributed by atoms with Crippen LogP contribution in [-0.4, -0.2) is 23.3 Å². The first kappa shape index (κ1) is 15.6. The molecule has 0 radical (unpaired) electrons. The molecule has 0 saturated carbocycles. The maximum Gasteiger partial charge on any atom is 0.165 e. The van der Waals surface area contributed by atoms with Gasteiger partial charge in [0.15, 0.2) is 11.6 Å². The van der Waals surface area contributed by atoms with Crippen LogP contribution in [0.15, 0.2) is 47.6 Å². The van der Waals surface area contributed by atoms with Gasteiger partial charge in [-0.25, -0.2) is 14.4 Å². The fraction of sp³-hybridized carbons (Fsp3) is 0.176. The summed E-state index contributed by atoms with van der Waals surface area (Å²) in [6.07, 6.45) is 3.55. The molecule has 23 heavy (non-hydrogen) atoms. The van der Waals surface area contributed by atoms with Gasteiger partial charge in [-0.1, -0.05) is 6.07 Å². The fourth-order valence-corrected chi connectivity index (χ4v) is 2.75. The quantitative estimate of drug-likeness (QED) is 0.714. The van der Waals surface area contributed by atoms with Crippen LogP contribution in [0.3, 0.4) is 0 Å². The minimum Gasteiger partial charge on any atom is -0.494 e. The van der Waals surface area contributed by atoms with E-state index in [0.29, 0.717) is 6.54 Å². The number of benzene rings is 2. The highest BCUT2D eigenvalue weighted by atomic mass is 32.2. The van der Waals surface area contributed by atoms with Crippen LogP contribution in [0.5, 0.6) is 5.75 Å². The molecule has 0 aliphatic rings. The van der Waals surface area contributed by atoms with Crippen molar-refractivity contribution >= 4 is 28.5 Å². The predicted molar refractivity (Wildman–Crippen MR) is 91.6 cm³/mol. The smallest absolute Gasteiger partial charge is 0.165 e. The second-order valence-electron chi connectivity index (χ2n) is 4.93. The number of thioether (sulfide) groups is 1. The van der Waals surface area contributed by atoms with E-state index in [1.54, 1.807) is 17.8 Å². The molecule has 3 rings (SSSR count). The first-order valence-electron chi connectivity index (χ1n) is 7.06. The number of fused-ring (bicyclic) bond motifs is 1. The van der Waals surface area contributed by atoms with E-state index in [2.05, 4.69) is 21.4 Å². The largest absolute Gasteiger partial charge is 0.494 e. The Morgan fingerprint density at radius 2 is 2.04 bits per heavy atom. The molecule has 2 aromatic carbocycles. The number of ether oxygens (including phenoxy) is 1. The van der Waals surface area contributed by atoms with Gasteiger partial charge in [0.2, 0.25) is 0 Å². The maximum atomic E-state index is 13.7. The van der Waals surface area contributed by atoms with Crippen molar-refractivity contribution in [3.63, 3.8) is 0 Å². The number of anilines is 1. The van der Waals surface area contributed by atoms with E-state index in [0.717, 1.165) is 27.2 Å². The summed E-state index contributed by atoms with van der Waals surface area (Å²) in [5, 5.41) is 4.20. The first-order valence-corrected chi connectivity index (χ1v) is 8.29. The summed E-state index contributed by atoms with van der Waals surface area (Å²) >= 11 is 1.67. The molecule has 1 aromatic heterocycles. The molecule has 6 heteroatoms. The number of rotatable bonds is 5. The van der Waals surface area contributed by atoms with Gasteiger partial charge in [0.1, 0.15) is 12.1 Å². The third-order valence-electron chi connectivity index (χ3n) is 3.52. The molecule has 0 unspecified atom stereocenters. The molecule has 0 aliphatic carbocycles. The van der Waals surface area contributed by atoms with Crippen molar-refractivity contribution in [2.75, 3.05) is 18.7 Å². The Hall–Kier alpha value is -2.34. The van der Waals surface area contributed by atoms with Crippen LogP contribution >= 0.6 is 11.8 Å². The Kier molecular flexibility index (Phi) is 4.62. The molecule has 118 valence electrons. The van der Waals surface area contributed by atoms with Crippen molar-refractivity contribution in [2.45, 2.75) is 11.4 Å². The molecular weight excluding hydrogens is 313 g/mol. The summed E-state index contributed by atoms with van der Waals surface area (Å²) in [6, 6.07) is 11.0. The van der Waals surface area contributed by atoms with E-state index in [9.17, 15) is 4.39 Å². The van der Waals surface area contributed by atoms with E-state index < -0.39 is 0 Å². The molecule has 0 bridgehead atoms. The number of nitrogens with zero attached hydrogens (tertiary/aromatic N) is 2. The Bertz CT molecular complexity index is 841. The standard InChI is InChI=1S/C17H16FN3OS/c1-22-16-6-3-11(7-14(16)18)9-19-17-13-8-12(23-2)4-5-15(13)20-10-21-17/h3-8,10H,9H2,1-2H3,(H,19,20,21). The van der Waals surface area contributed by atoms with Crippen LogP contribution in [0.4, 0.5) is 10.2 Å². The van der Waals surface area contributed by atoms with Gasteiger partial charge in [0.25, 0.3) is 0 Å². The molecule has 0 fully saturated rings. The lowest BCUT2D eigenvalue weighted by Gasteiger charge is -2.10. The minimum absolute atomic E-state index is 0.242. The summed E-state index contributed by atoms with van der Waals surface area (Å²) in [5.74, 6) is 0.608. The highest BCUT2D eigenvalue weighted by molar-refractivity contribution is 7.98. The van der Waals surface area contributed by atoms with E-state index in [4.69, 9.17) is 4.74 Å². The highest BCUT2D eigenvalue weighted by Crippen LogP contribution is 2.25. The molecule has 4 nitrogen and oxygen atoms in total. The monoisotopic (exact) mass is 329 g/mol. The van der Waals surface area contributed by atoms with Gasteiger partial charge in [-0.05, 0) is 42.2 Å². The van der Waals surface area contributed by atoms with Crippen molar-refractivity contribution in [3.8, 4) is 5.75 Å². The van der Waals surface area contributed by atoms with E-state index in [1.807, 2.05) is 24.5 Å². The lowest BCUT2D eigenvalue weighted by molar-refractivity contribution is 0.386. The second kappa shape index (κ2) is 6.83. The Morgan fingerprint density at radius 3 is 2.78 bits per heavy atom. The minimum atomic E-state index is -0.371. The third kappa shape index (κ3) is 3.37. The SMILES string of the molecule is COc1ccc(CNc2ncnc3ccc(SC)cc23)cc1F. The predicted octanol–water partition coefficient (Wildman–Crippen LogP) is 4.11. The van der Waals surface area contributed by atoms with E-state index in [1.165, 1.54) is 19.5 Å². The van der Waals surface area contributed by atoms with Crippen molar-refractivity contribution in [2.24, 2.45) is 0 Å². The van der Waals surface area contributed by atoms with Crippen molar-refractivity contribution in [1.82, 2.24) is 9.97 Å². The van der Waals surface area contributed by atoms with Crippen molar-refractivity contribution in [3.05, 3.63) is 54.1 Å². The zero-order valence-electron chi connectivity index (χ0n) is 12.8. The maximum absolute atomic E-state index is 13.7. The summed E-state index contributed by atoms with van der Waals surface area (Å²) in [6.45, 7) is 0.469. The van der Waals surface area contributed by atoms with Gasteiger partial charge >= 0.3 is 0 Å². The highest BCUT2D eigenvalue weighted by Gasteiger charge is 2.07. The Morgan fingerprint density at radius 1 is 1.17 bits per heavy atom. The van der Waals surface area contributed by atoms with Crippen LogP contribution in [0.25, 0.3) is 10.9 Å². The van der Waals surface area contributed by atoms with E-state index >= 15 is 0 Å². The zero-order chi connectivity index (χ0) is 16.2. The van der Waals surface area contributed by atoms with Crippen LogP contribution in [0.2, 0.25) is 0 Å². The molecule has 1 heterocycles. The molecule has 0 atom stereocenters. The van der Waals surface area contributed by atoms with Crippen LogP contribution in [0, 0.1) is 5.82 Å². The number of aromatic nitrogens is 2. The Labute approximate surface area is 138 Å². The topological polar surface area (TPSA) is 47.0 Å². The van der Waals surface area contributed by atoms with Gasteiger partial charge in [-0.2, -0.15) is 0 Å². The van der Waals surface area contributed by atoms with Crippen molar-refractivity contribution < 1.29 is 9.13 Å². The first-order chi connectivity index (χ1) is 11.2. The summed E-state index contributed by atoms with van der Waals surface area (Å²) in [4.78, 5) is 9.72. The summed E-state index contributed by atoms with van der Waals surface area (Å²) in [5.41, 5.74) is 1.69. The van der Waals surface area contributed by atoms with Gasteiger partial charge in [0.05, 0.1) is 12.6 Å². The van der Waals surface area contributed by atoms with Crippen LogP contribution in [0.1, 0.15) is 5.56 Å². The van der Waals surface area contributed by atoms with Crippen molar-refractivity contribution in [1.29, 1.82) is 0 Å². The summed E-state index contributed by atoms with van der Waals surface area (Å²) in [7, 11) is 1.45. The Balaban J connectivity index is 1.85. The van der Waals surface area contributed by atoms with Gasteiger partial charge in [0, 0.05) is 16.8 Å². The molecule has 0 amide bonds. The average Bonchev–Trinajstić information content (AvgIpc) is 2.59. The van der Waals surface area contributed by atoms with Crippen LogP contribution in [-0.2, 0) is 6.54 Å². The number of hydrogen-bond donors (Lipinski definition) is 1. The number of nitrogens with one attached hydrogen (secondary N) is 1. The fourth-order valence-electron chi connectivity index (χ4n) is 2.31. The number of halogens is 1. The van der Waals surface area contributed by atoms with Gasteiger partial charge in [-0.15, -0.1) is 11.8 Å². The van der Waals surface area contributed by atoms with Crippen LogP contribution < -0.4 is 10.1 Å². The number of hydrogen-bond acceptors (Lipinski definition) is 5. The zero-order valence-corrected chi connectivity index (χ0v) is 13.7.